The molecule has 2 aromatic heterocycles. The lowest BCUT2D eigenvalue weighted by Crippen LogP contribution is -2.64. The van der Waals surface area contributed by atoms with Crippen LogP contribution in [0.2, 0.25) is 5.02 Å². The first-order valence-electron chi connectivity index (χ1n) is 10.5. The summed E-state index contributed by atoms with van der Waals surface area (Å²) in [6.07, 6.45) is 1.98. The number of pyridine rings is 2. The Kier molecular flexibility index (Phi) is 4.86. The molecule has 3 aliphatic heterocycles. The Morgan fingerprint density at radius 3 is 2.87 bits per heavy atom. The van der Waals surface area contributed by atoms with Gasteiger partial charge < -0.3 is 19.6 Å². The fourth-order valence-corrected chi connectivity index (χ4v) is 5.70. The first-order valence-corrected chi connectivity index (χ1v) is 10.9. The van der Waals surface area contributed by atoms with Crippen molar-refractivity contribution in [2.75, 3.05) is 32.1 Å². The van der Waals surface area contributed by atoms with Crippen LogP contribution in [0.25, 0.3) is 10.8 Å². The van der Waals surface area contributed by atoms with E-state index in [0.29, 0.717) is 42.3 Å². The number of hydrogen-bond acceptors (Lipinski definition) is 6. The normalized spacial score (nSPS) is 26.8. The monoisotopic (exact) mass is 449 g/mol. The van der Waals surface area contributed by atoms with Crippen LogP contribution < -0.4 is 9.64 Å². The summed E-state index contributed by atoms with van der Waals surface area (Å²) < 4.78 is 21.2. The van der Waals surface area contributed by atoms with Crippen molar-refractivity contribution < 1.29 is 19.0 Å². The maximum Gasteiger partial charge on any atom is 0.407 e. The zero-order chi connectivity index (χ0) is 22.0. The molecule has 10 heteroatoms. The highest BCUT2D eigenvalue weighted by molar-refractivity contribution is 6.36. The van der Waals surface area contributed by atoms with Gasteiger partial charge in [-0.3, -0.25) is 4.90 Å². The Balaban J connectivity index is 1.71. The number of fused-ring (bicyclic) bond motifs is 5. The first kappa shape index (κ1) is 20.5. The number of anilines is 1. The molecule has 1 amide bonds. The second kappa shape index (κ2) is 7.34. The summed E-state index contributed by atoms with van der Waals surface area (Å²) >= 11 is 6.65. The largest absolute Gasteiger partial charge is 0.472 e. The highest BCUT2D eigenvalue weighted by Gasteiger charge is 2.52. The molecule has 31 heavy (non-hydrogen) atoms. The van der Waals surface area contributed by atoms with Gasteiger partial charge in [-0.25, -0.2) is 19.2 Å². The number of halogens is 2. The average Bonchev–Trinajstić information content (AvgIpc) is 2.96. The molecule has 0 saturated carbocycles. The fraction of sp³-hybridized carbons (Fsp3) is 0.571. The van der Waals surface area contributed by atoms with Gasteiger partial charge in [0, 0.05) is 24.9 Å². The quantitative estimate of drug-likeness (QED) is 0.771. The zero-order valence-corrected chi connectivity index (χ0v) is 18.4. The minimum Gasteiger partial charge on any atom is -0.472 e. The lowest BCUT2D eigenvalue weighted by atomic mass is 9.98. The molecular weight excluding hydrogens is 425 g/mol. The number of rotatable bonds is 3. The van der Waals surface area contributed by atoms with Crippen LogP contribution in [0, 0.1) is 5.82 Å². The SMILES string of the molecule is CC1Oc2ncc(F)c3c(Cl)c(CCN(C)C)nc(c23)N2CC3CCC(C12)N3C(=O)O. The van der Waals surface area contributed by atoms with E-state index in [4.69, 9.17) is 21.3 Å². The molecule has 4 atom stereocenters. The average molecular weight is 450 g/mol. The van der Waals surface area contributed by atoms with Crippen LogP contribution in [0.5, 0.6) is 5.88 Å². The second-order valence-electron chi connectivity index (χ2n) is 8.86. The molecule has 1 N–H and O–H groups in total. The zero-order valence-electron chi connectivity index (χ0n) is 17.7. The fourth-order valence-electron chi connectivity index (χ4n) is 5.38. The lowest BCUT2D eigenvalue weighted by Gasteiger charge is -2.47. The molecule has 4 unspecified atom stereocenters. The molecule has 0 aliphatic carbocycles. The number of nitrogens with zero attached hydrogens (tertiary/aromatic N) is 5. The summed E-state index contributed by atoms with van der Waals surface area (Å²) in [5, 5.41) is 10.8. The number of hydrogen-bond donors (Lipinski definition) is 1. The number of piperazine rings is 1. The lowest BCUT2D eigenvalue weighted by molar-refractivity contribution is 0.0707. The van der Waals surface area contributed by atoms with E-state index in [9.17, 15) is 14.3 Å². The maximum atomic E-state index is 15.0. The summed E-state index contributed by atoms with van der Waals surface area (Å²) in [5.41, 5.74) is 0.621. The van der Waals surface area contributed by atoms with Gasteiger partial charge in [-0.1, -0.05) is 11.6 Å². The Labute approximate surface area is 184 Å². The van der Waals surface area contributed by atoms with Crippen molar-refractivity contribution in [3.63, 3.8) is 0 Å². The summed E-state index contributed by atoms with van der Waals surface area (Å²) in [6.45, 7) is 3.10. The summed E-state index contributed by atoms with van der Waals surface area (Å²) in [6, 6.07) is -0.597. The van der Waals surface area contributed by atoms with Gasteiger partial charge in [0.1, 0.15) is 11.9 Å². The Morgan fingerprint density at radius 1 is 1.39 bits per heavy atom. The molecular formula is C21H25ClFN5O3. The highest BCUT2D eigenvalue weighted by Crippen LogP contribution is 2.46. The van der Waals surface area contributed by atoms with Crippen molar-refractivity contribution in [3.05, 3.63) is 22.7 Å². The van der Waals surface area contributed by atoms with Gasteiger partial charge in [-0.2, -0.15) is 0 Å². The van der Waals surface area contributed by atoms with Crippen molar-refractivity contribution in [3.8, 4) is 5.88 Å². The van der Waals surface area contributed by atoms with Gasteiger partial charge in [0.25, 0.3) is 0 Å². The maximum absolute atomic E-state index is 15.0. The van der Waals surface area contributed by atoms with Crippen LogP contribution in [0.15, 0.2) is 6.20 Å². The first-order chi connectivity index (χ1) is 14.8. The minimum atomic E-state index is -0.911. The van der Waals surface area contributed by atoms with E-state index in [1.807, 2.05) is 25.9 Å². The van der Waals surface area contributed by atoms with Crippen molar-refractivity contribution in [1.82, 2.24) is 19.8 Å². The van der Waals surface area contributed by atoms with Crippen molar-refractivity contribution >= 4 is 34.3 Å². The van der Waals surface area contributed by atoms with Crippen molar-refractivity contribution in [2.24, 2.45) is 0 Å². The summed E-state index contributed by atoms with van der Waals surface area (Å²) in [7, 11) is 3.92. The Morgan fingerprint density at radius 2 is 2.16 bits per heavy atom. The molecule has 8 nitrogen and oxygen atoms in total. The predicted octanol–water partition coefficient (Wildman–Crippen LogP) is 3.01. The minimum absolute atomic E-state index is 0.133. The number of ether oxygens (including phenoxy) is 1. The molecule has 2 fully saturated rings. The van der Waals surface area contributed by atoms with Crippen LogP contribution >= 0.6 is 11.6 Å². The molecule has 0 radical (unpaired) electrons. The number of aromatic nitrogens is 2. The van der Waals surface area contributed by atoms with E-state index in [1.165, 1.54) is 0 Å². The van der Waals surface area contributed by atoms with E-state index >= 15 is 0 Å². The highest BCUT2D eigenvalue weighted by atomic mass is 35.5. The van der Waals surface area contributed by atoms with Crippen LogP contribution in [0.1, 0.15) is 25.5 Å². The number of carbonyl (C=O) groups is 1. The molecule has 2 aromatic rings. The van der Waals surface area contributed by atoms with E-state index in [2.05, 4.69) is 9.88 Å². The summed E-state index contributed by atoms with van der Waals surface area (Å²) in [4.78, 5) is 26.8. The third-order valence-electron chi connectivity index (χ3n) is 6.71. The van der Waals surface area contributed by atoms with Gasteiger partial charge in [0.05, 0.1) is 40.4 Å². The van der Waals surface area contributed by atoms with Crippen LogP contribution in [-0.4, -0.2) is 82.4 Å². The second-order valence-corrected chi connectivity index (χ2v) is 9.24. The van der Waals surface area contributed by atoms with Crippen LogP contribution in [-0.2, 0) is 6.42 Å². The number of carboxylic acid groups (broad SMARTS) is 1. The topological polar surface area (TPSA) is 82.0 Å². The van der Waals surface area contributed by atoms with Crippen molar-refractivity contribution in [2.45, 2.75) is 50.4 Å². The summed E-state index contributed by atoms with van der Waals surface area (Å²) in [5.74, 6) is 0.367. The molecule has 2 saturated heterocycles. The molecule has 166 valence electrons. The number of likely N-dealkylation sites (N-methyl/N-ethyl adjacent to an activating group) is 1. The van der Waals surface area contributed by atoms with Gasteiger partial charge >= 0.3 is 6.09 Å². The van der Waals surface area contributed by atoms with Crippen LogP contribution in [0.3, 0.4) is 0 Å². The van der Waals surface area contributed by atoms with Gasteiger partial charge in [-0.15, -0.1) is 0 Å². The van der Waals surface area contributed by atoms with Crippen molar-refractivity contribution in [1.29, 1.82) is 0 Å². The third-order valence-corrected chi connectivity index (χ3v) is 7.12. The van der Waals surface area contributed by atoms with E-state index < -0.39 is 11.9 Å². The molecule has 2 bridgehead atoms. The molecule has 0 spiro atoms. The third kappa shape index (κ3) is 3.09. The smallest absolute Gasteiger partial charge is 0.407 e. The Bertz CT molecular complexity index is 1070. The van der Waals surface area contributed by atoms with Crippen LogP contribution in [0.4, 0.5) is 15.0 Å². The van der Waals surface area contributed by atoms with Gasteiger partial charge in [0.15, 0.2) is 5.82 Å². The Hall–Kier alpha value is -2.39. The molecule has 0 aromatic carbocycles. The van der Waals surface area contributed by atoms with E-state index in [1.54, 1.807) is 4.90 Å². The molecule has 5 rings (SSSR count). The van der Waals surface area contributed by atoms with Gasteiger partial charge in [-0.05, 0) is 33.9 Å². The number of amides is 1. The van der Waals surface area contributed by atoms with E-state index in [0.717, 1.165) is 19.0 Å². The molecule has 3 aliphatic rings. The standard InChI is InChI=1S/C21H25ClFN5O3/c1-10-18-14-5-4-11(28(14)21(29)30)9-27(18)19-16-15(12(23)8-24-20(16)31-10)17(22)13(25-19)6-7-26(2)3/h8,10-11,14,18H,4-7,9H2,1-3H3,(H,29,30). The predicted molar refractivity (Wildman–Crippen MR) is 115 cm³/mol. The van der Waals surface area contributed by atoms with Gasteiger partial charge in [0.2, 0.25) is 5.88 Å². The molecule has 5 heterocycles. The van der Waals surface area contributed by atoms with E-state index in [-0.39, 0.29) is 34.6 Å².